The van der Waals surface area contributed by atoms with Crippen LogP contribution in [0.1, 0.15) is 18.5 Å². The summed E-state index contributed by atoms with van der Waals surface area (Å²) >= 11 is 1.46. The number of carboxylic acid groups (broad SMARTS) is 1. The molecule has 1 saturated carbocycles. The molecule has 0 atom stereocenters. The lowest BCUT2D eigenvalue weighted by atomic mass is 10.2. The van der Waals surface area contributed by atoms with Gasteiger partial charge in [0, 0.05) is 23.5 Å². The molecule has 0 unspecified atom stereocenters. The number of hydrogen-bond donors (Lipinski definition) is 2. The summed E-state index contributed by atoms with van der Waals surface area (Å²) in [5.41, 5.74) is -0.188. The van der Waals surface area contributed by atoms with E-state index >= 15 is 0 Å². The van der Waals surface area contributed by atoms with E-state index < -0.39 is 11.5 Å². The van der Waals surface area contributed by atoms with Gasteiger partial charge in [-0.15, -0.1) is 11.3 Å². The molecule has 18 heavy (non-hydrogen) atoms. The highest BCUT2D eigenvalue weighted by molar-refractivity contribution is 7.15. The molecule has 0 aromatic carbocycles. The number of aliphatic carboxylic acids is 1. The number of nitrogens with one attached hydrogen (secondary N) is 1. The van der Waals surface area contributed by atoms with E-state index in [-0.39, 0.29) is 12.3 Å². The first-order valence-electron chi connectivity index (χ1n) is 5.55. The summed E-state index contributed by atoms with van der Waals surface area (Å²) in [4.78, 5) is 27.7. The Labute approximate surface area is 106 Å². The second-order valence-electron chi connectivity index (χ2n) is 4.42. The number of imidazole rings is 1. The quantitative estimate of drug-likeness (QED) is 0.851. The fourth-order valence-corrected chi connectivity index (χ4v) is 2.74. The second-order valence-corrected chi connectivity index (χ2v) is 5.26. The van der Waals surface area contributed by atoms with Crippen LogP contribution in [0.4, 0.5) is 0 Å². The third-order valence-corrected chi connectivity index (χ3v) is 4.00. The first-order valence-corrected chi connectivity index (χ1v) is 6.42. The van der Waals surface area contributed by atoms with E-state index in [2.05, 4.69) is 10.3 Å². The molecule has 0 radical (unpaired) electrons. The van der Waals surface area contributed by atoms with E-state index in [9.17, 15) is 9.59 Å². The fourth-order valence-electron chi connectivity index (χ4n) is 1.89. The van der Waals surface area contributed by atoms with E-state index in [1.165, 1.54) is 11.3 Å². The van der Waals surface area contributed by atoms with Crippen LogP contribution in [0.15, 0.2) is 17.8 Å². The molecule has 2 heterocycles. The average Bonchev–Trinajstić information content (AvgIpc) is 2.81. The lowest BCUT2D eigenvalue weighted by Gasteiger charge is -2.11. The molecule has 0 saturated heterocycles. The summed E-state index contributed by atoms with van der Waals surface area (Å²) in [5, 5.41) is 13.4. The molecular weight excluding hydrogens is 254 g/mol. The van der Waals surface area contributed by atoms with Gasteiger partial charge in [-0.1, -0.05) is 0 Å². The van der Waals surface area contributed by atoms with Crippen molar-refractivity contribution < 1.29 is 14.7 Å². The van der Waals surface area contributed by atoms with Crippen LogP contribution in [-0.4, -0.2) is 31.9 Å². The number of fused-ring (bicyclic) bond motifs is 1. The highest BCUT2D eigenvalue weighted by Crippen LogP contribution is 2.35. The summed E-state index contributed by atoms with van der Waals surface area (Å²) in [6.45, 7) is 0. The molecule has 2 N–H and O–H groups in total. The van der Waals surface area contributed by atoms with Gasteiger partial charge >= 0.3 is 5.97 Å². The van der Waals surface area contributed by atoms with E-state index in [4.69, 9.17) is 5.11 Å². The molecule has 0 aliphatic heterocycles. The zero-order chi connectivity index (χ0) is 12.8. The summed E-state index contributed by atoms with van der Waals surface area (Å²) in [6.07, 6.45) is 4.66. The number of nitrogens with zero attached hydrogens (tertiary/aromatic N) is 2. The molecule has 0 spiro atoms. The van der Waals surface area contributed by atoms with Gasteiger partial charge in [0.2, 0.25) is 5.91 Å². The van der Waals surface area contributed by atoms with Gasteiger partial charge in [0.1, 0.15) is 5.54 Å². The standard InChI is InChI=1S/C11H11N3O3S/c15-8(13-11(1-2-11)9(16)17)5-7-6-18-10-12-3-4-14(7)10/h3-4,6H,1-2,5H2,(H,13,15)(H,16,17). The van der Waals surface area contributed by atoms with Crippen LogP contribution in [-0.2, 0) is 16.0 Å². The third kappa shape index (κ3) is 1.76. The maximum atomic E-state index is 11.8. The molecule has 6 nitrogen and oxygen atoms in total. The normalized spacial score (nSPS) is 16.7. The summed E-state index contributed by atoms with van der Waals surface area (Å²) in [6, 6.07) is 0. The monoisotopic (exact) mass is 265 g/mol. The maximum absolute atomic E-state index is 11.8. The Balaban J connectivity index is 1.72. The zero-order valence-electron chi connectivity index (χ0n) is 9.42. The Hall–Kier alpha value is -1.89. The minimum absolute atomic E-state index is 0.172. The van der Waals surface area contributed by atoms with Crippen LogP contribution in [0.3, 0.4) is 0 Å². The molecule has 0 bridgehead atoms. The van der Waals surface area contributed by atoms with Crippen LogP contribution in [0.5, 0.6) is 0 Å². The van der Waals surface area contributed by atoms with Gasteiger partial charge in [-0.2, -0.15) is 0 Å². The van der Waals surface area contributed by atoms with Crippen molar-refractivity contribution in [2.75, 3.05) is 0 Å². The highest BCUT2D eigenvalue weighted by atomic mass is 32.1. The molecule has 3 rings (SSSR count). The summed E-state index contributed by atoms with van der Waals surface area (Å²) in [5.74, 6) is -1.21. The Morgan fingerprint density at radius 1 is 1.56 bits per heavy atom. The number of carboxylic acids is 1. The predicted molar refractivity (Wildman–Crippen MR) is 64.5 cm³/mol. The highest BCUT2D eigenvalue weighted by Gasteiger charge is 2.51. The molecular formula is C11H11N3O3S. The van der Waals surface area contributed by atoms with Crippen LogP contribution in [0, 0.1) is 0 Å². The lowest BCUT2D eigenvalue weighted by molar-refractivity contribution is -0.143. The van der Waals surface area contributed by atoms with Crippen molar-refractivity contribution in [3.05, 3.63) is 23.5 Å². The average molecular weight is 265 g/mol. The van der Waals surface area contributed by atoms with Gasteiger partial charge in [-0.05, 0) is 12.8 Å². The van der Waals surface area contributed by atoms with Gasteiger partial charge in [0.05, 0.1) is 6.42 Å². The third-order valence-electron chi connectivity index (χ3n) is 3.10. The SMILES string of the molecule is O=C(Cc1csc2nccn12)NC1(C(=O)O)CC1. The van der Waals surface area contributed by atoms with Gasteiger partial charge < -0.3 is 10.4 Å². The topological polar surface area (TPSA) is 83.7 Å². The second kappa shape index (κ2) is 3.81. The predicted octanol–water partition coefficient (Wildman–Crippen LogP) is 0.672. The van der Waals surface area contributed by atoms with Crippen LogP contribution in [0.25, 0.3) is 4.96 Å². The first-order chi connectivity index (χ1) is 8.61. The minimum atomic E-state index is -1.01. The Kier molecular flexibility index (Phi) is 2.37. The number of carbonyl (C=O) groups is 2. The molecule has 1 aliphatic carbocycles. The Bertz CT molecular complexity index is 626. The first kappa shape index (κ1) is 11.2. The van der Waals surface area contributed by atoms with Crippen LogP contribution >= 0.6 is 11.3 Å². The molecule has 94 valence electrons. The minimum Gasteiger partial charge on any atom is -0.480 e. The van der Waals surface area contributed by atoms with E-state index in [0.29, 0.717) is 12.8 Å². The summed E-state index contributed by atoms with van der Waals surface area (Å²) in [7, 11) is 0. The molecule has 1 amide bonds. The number of rotatable bonds is 4. The molecule has 2 aromatic rings. The van der Waals surface area contributed by atoms with Gasteiger partial charge in [-0.3, -0.25) is 9.20 Å². The van der Waals surface area contributed by atoms with Gasteiger partial charge in [0.15, 0.2) is 4.96 Å². The number of amides is 1. The number of hydrogen-bond acceptors (Lipinski definition) is 4. The number of carbonyl (C=O) groups excluding carboxylic acids is 1. The lowest BCUT2D eigenvalue weighted by Crippen LogP contribution is -2.43. The molecule has 2 aromatic heterocycles. The number of thiazole rings is 1. The Morgan fingerprint density at radius 3 is 3.00 bits per heavy atom. The zero-order valence-corrected chi connectivity index (χ0v) is 10.2. The van der Waals surface area contributed by atoms with Crippen molar-refractivity contribution in [1.82, 2.24) is 14.7 Å². The van der Waals surface area contributed by atoms with Crippen molar-refractivity contribution in [1.29, 1.82) is 0 Å². The fraction of sp³-hybridized carbons (Fsp3) is 0.364. The van der Waals surface area contributed by atoms with Gasteiger partial charge in [-0.25, -0.2) is 9.78 Å². The summed E-state index contributed by atoms with van der Waals surface area (Å²) < 4.78 is 1.84. The van der Waals surface area contributed by atoms with Crippen molar-refractivity contribution in [3.63, 3.8) is 0 Å². The van der Waals surface area contributed by atoms with Crippen LogP contribution < -0.4 is 5.32 Å². The number of aromatic nitrogens is 2. The smallest absolute Gasteiger partial charge is 0.329 e. The van der Waals surface area contributed by atoms with Crippen molar-refractivity contribution in [3.8, 4) is 0 Å². The van der Waals surface area contributed by atoms with E-state index in [1.807, 2.05) is 9.78 Å². The largest absolute Gasteiger partial charge is 0.480 e. The van der Waals surface area contributed by atoms with Crippen LogP contribution in [0.2, 0.25) is 0 Å². The van der Waals surface area contributed by atoms with Crippen molar-refractivity contribution >= 4 is 28.2 Å². The van der Waals surface area contributed by atoms with E-state index in [0.717, 1.165) is 10.7 Å². The molecule has 1 fully saturated rings. The molecule has 1 aliphatic rings. The van der Waals surface area contributed by atoms with Crippen molar-refractivity contribution in [2.45, 2.75) is 24.8 Å². The Morgan fingerprint density at radius 2 is 2.33 bits per heavy atom. The van der Waals surface area contributed by atoms with Gasteiger partial charge in [0.25, 0.3) is 0 Å². The molecule has 7 heteroatoms. The van der Waals surface area contributed by atoms with E-state index in [1.54, 1.807) is 12.4 Å². The maximum Gasteiger partial charge on any atom is 0.329 e. The van der Waals surface area contributed by atoms with Crippen molar-refractivity contribution in [2.24, 2.45) is 0 Å².